The SMILES string of the molecule is CCC1(C(C)O)COC1. The summed E-state index contributed by atoms with van der Waals surface area (Å²) in [4.78, 5) is 0. The summed E-state index contributed by atoms with van der Waals surface area (Å²) in [7, 11) is 0. The van der Waals surface area contributed by atoms with Crippen LogP contribution in [-0.4, -0.2) is 24.4 Å². The first kappa shape index (κ1) is 7.03. The zero-order chi connectivity index (χ0) is 6.91. The van der Waals surface area contributed by atoms with E-state index in [0.29, 0.717) is 0 Å². The smallest absolute Gasteiger partial charge is 0.0612 e. The highest BCUT2D eigenvalue weighted by molar-refractivity contribution is 4.88. The second kappa shape index (κ2) is 2.27. The Morgan fingerprint density at radius 2 is 2.22 bits per heavy atom. The molecule has 1 aliphatic rings. The van der Waals surface area contributed by atoms with Crippen LogP contribution in [0.25, 0.3) is 0 Å². The van der Waals surface area contributed by atoms with Gasteiger partial charge in [0.05, 0.1) is 19.3 Å². The molecular weight excluding hydrogens is 116 g/mol. The van der Waals surface area contributed by atoms with E-state index in [1.807, 2.05) is 6.92 Å². The van der Waals surface area contributed by atoms with Gasteiger partial charge in [-0.15, -0.1) is 0 Å². The van der Waals surface area contributed by atoms with E-state index in [1.165, 1.54) is 0 Å². The fourth-order valence-corrected chi connectivity index (χ4v) is 1.10. The van der Waals surface area contributed by atoms with Gasteiger partial charge in [0.2, 0.25) is 0 Å². The van der Waals surface area contributed by atoms with Crippen LogP contribution in [-0.2, 0) is 4.74 Å². The first-order chi connectivity index (χ1) is 4.21. The number of hydrogen-bond donors (Lipinski definition) is 1. The van der Waals surface area contributed by atoms with Gasteiger partial charge in [0.15, 0.2) is 0 Å². The number of aliphatic hydroxyl groups is 1. The summed E-state index contributed by atoms with van der Waals surface area (Å²) in [5, 5.41) is 9.24. The lowest BCUT2D eigenvalue weighted by Gasteiger charge is -2.43. The zero-order valence-corrected chi connectivity index (χ0v) is 6.05. The van der Waals surface area contributed by atoms with E-state index in [-0.39, 0.29) is 11.5 Å². The summed E-state index contributed by atoms with van der Waals surface area (Å²) in [6.45, 7) is 5.41. The lowest BCUT2D eigenvalue weighted by Crippen LogP contribution is -2.49. The monoisotopic (exact) mass is 130 g/mol. The summed E-state index contributed by atoms with van der Waals surface area (Å²) in [5.74, 6) is 0. The fraction of sp³-hybridized carbons (Fsp3) is 1.00. The van der Waals surface area contributed by atoms with E-state index in [2.05, 4.69) is 6.92 Å². The molecule has 1 saturated heterocycles. The highest BCUT2D eigenvalue weighted by atomic mass is 16.5. The van der Waals surface area contributed by atoms with Crippen molar-refractivity contribution in [1.29, 1.82) is 0 Å². The quantitative estimate of drug-likeness (QED) is 0.599. The molecule has 1 atom stereocenters. The fourth-order valence-electron chi connectivity index (χ4n) is 1.10. The van der Waals surface area contributed by atoms with Gasteiger partial charge in [-0.1, -0.05) is 6.92 Å². The Balaban J connectivity index is 2.46. The lowest BCUT2D eigenvalue weighted by atomic mass is 9.78. The van der Waals surface area contributed by atoms with Crippen molar-refractivity contribution in [2.45, 2.75) is 26.4 Å². The molecule has 0 radical (unpaired) electrons. The Kier molecular flexibility index (Phi) is 1.78. The molecule has 0 bridgehead atoms. The topological polar surface area (TPSA) is 29.5 Å². The van der Waals surface area contributed by atoms with Crippen molar-refractivity contribution in [3.05, 3.63) is 0 Å². The van der Waals surface area contributed by atoms with Crippen molar-refractivity contribution in [3.63, 3.8) is 0 Å². The second-order valence-electron chi connectivity index (χ2n) is 2.88. The van der Waals surface area contributed by atoms with Crippen molar-refractivity contribution < 1.29 is 9.84 Å². The molecule has 0 amide bonds. The van der Waals surface area contributed by atoms with Crippen LogP contribution < -0.4 is 0 Å². The summed E-state index contributed by atoms with van der Waals surface area (Å²) in [6, 6.07) is 0. The zero-order valence-electron chi connectivity index (χ0n) is 6.05. The summed E-state index contributed by atoms with van der Waals surface area (Å²) in [5.41, 5.74) is 0.0972. The molecule has 1 unspecified atom stereocenters. The molecule has 0 aromatic heterocycles. The number of rotatable bonds is 2. The van der Waals surface area contributed by atoms with E-state index in [9.17, 15) is 5.11 Å². The van der Waals surface area contributed by atoms with E-state index in [0.717, 1.165) is 19.6 Å². The molecule has 2 nitrogen and oxygen atoms in total. The van der Waals surface area contributed by atoms with Crippen molar-refractivity contribution in [2.24, 2.45) is 5.41 Å². The molecule has 1 heterocycles. The average molecular weight is 130 g/mol. The van der Waals surface area contributed by atoms with Crippen LogP contribution in [0.2, 0.25) is 0 Å². The Bertz CT molecular complexity index is 89.6. The molecular formula is C7H14O2. The minimum atomic E-state index is -0.212. The Morgan fingerprint density at radius 1 is 1.67 bits per heavy atom. The highest BCUT2D eigenvalue weighted by Gasteiger charge is 2.40. The summed E-state index contributed by atoms with van der Waals surface area (Å²) >= 11 is 0. The molecule has 2 heteroatoms. The minimum Gasteiger partial charge on any atom is -0.393 e. The number of aliphatic hydroxyl groups excluding tert-OH is 1. The first-order valence-corrected chi connectivity index (χ1v) is 3.47. The first-order valence-electron chi connectivity index (χ1n) is 3.47. The van der Waals surface area contributed by atoms with E-state index < -0.39 is 0 Å². The van der Waals surface area contributed by atoms with Gasteiger partial charge >= 0.3 is 0 Å². The third-order valence-corrected chi connectivity index (χ3v) is 2.37. The molecule has 1 rings (SSSR count). The van der Waals surface area contributed by atoms with Gasteiger partial charge in [-0.05, 0) is 13.3 Å². The number of ether oxygens (including phenoxy) is 1. The van der Waals surface area contributed by atoms with Crippen LogP contribution in [0, 0.1) is 5.41 Å². The average Bonchev–Trinajstić information content (AvgIpc) is 1.62. The lowest BCUT2D eigenvalue weighted by molar-refractivity contribution is -0.168. The molecule has 0 saturated carbocycles. The summed E-state index contributed by atoms with van der Waals surface area (Å²) in [6.07, 6.45) is 0.807. The van der Waals surface area contributed by atoms with Gasteiger partial charge in [-0.2, -0.15) is 0 Å². The van der Waals surface area contributed by atoms with E-state index in [4.69, 9.17) is 4.74 Å². The van der Waals surface area contributed by atoms with Crippen molar-refractivity contribution in [2.75, 3.05) is 13.2 Å². The molecule has 1 aliphatic heterocycles. The largest absolute Gasteiger partial charge is 0.393 e. The molecule has 0 spiro atoms. The van der Waals surface area contributed by atoms with Crippen LogP contribution in [0.1, 0.15) is 20.3 Å². The van der Waals surface area contributed by atoms with E-state index >= 15 is 0 Å². The van der Waals surface area contributed by atoms with Gasteiger partial charge < -0.3 is 9.84 Å². The third kappa shape index (κ3) is 0.970. The maximum Gasteiger partial charge on any atom is 0.0612 e. The number of hydrogen-bond acceptors (Lipinski definition) is 2. The van der Waals surface area contributed by atoms with Gasteiger partial charge in [-0.3, -0.25) is 0 Å². The molecule has 1 fully saturated rings. The highest BCUT2D eigenvalue weighted by Crippen LogP contribution is 2.34. The Labute approximate surface area is 55.8 Å². The van der Waals surface area contributed by atoms with Gasteiger partial charge in [0.25, 0.3) is 0 Å². The standard InChI is InChI=1S/C7H14O2/c1-3-7(6(2)8)4-9-5-7/h6,8H,3-5H2,1-2H3. The van der Waals surface area contributed by atoms with Crippen LogP contribution in [0.15, 0.2) is 0 Å². The van der Waals surface area contributed by atoms with Crippen LogP contribution in [0.3, 0.4) is 0 Å². The molecule has 0 aliphatic carbocycles. The third-order valence-electron chi connectivity index (χ3n) is 2.37. The van der Waals surface area contributed by atoms with Crippen molar-refractivity contribution in [3.8, 4) is 0 Å². The van der Waals surface area contributed by atoms with Crippen molar-refractivity contribution >= 4 is 0 Å². The second-order valence-corrected chi connectivity index (χ2v) is 2.88. The predicted molar refractivity (Wildman–Crippen MR) is 35.2 cm³/mol. The molecule has 1 N–H and O–H groups in total. The molecule has 0 aromatic carbocycles. The predicted octanol–water partition coefficient (Wildman–Crippen LogP) is 0.794. The van der Waals surface area contributed by atoms with Crippen LogP contribution in [0.4, 0.5) is 0 Å². The normalized spacial score (nSPS) is 27.0. The molecule has 0 aromatic rings. The van der Waals surface area contributed by atoms with Gasteiger partial charge in [-0.25, -0.2) is 0 Å². The summed E-state index contributed by atoms with van der Waals surface area (Å²) < 4.78 is 5.03. The minimum absolute atomic E-state index is 0.0972. The maximum atomic E-state index is 9.24. The van der Waals surface area contributed by atoms with Gasteiger partial charge in [0.1, 0.15) is 0 Å². The Hall–Kier alpha value is -0.0800. The Morgan fingerprint density at radius 3 is 2.22 bits per heavy atom. The van der Waals surface area contributed by atoms with Crippen LogP contribution in [0.5, 0.6) is 0 Å². The van der Waals surface area contributed by atoms with E-state index in [1.54, 1.807) is 0 Å². The van der Waals surface area contributed by atoms with Gasteiger partial charge in [0, 0.05) is 5.41 Å². The van der Waals surface area contributed by atoms with Crippen molar-refractivity contribution in [1.82, 2.24) is 0 Å². The maximum absolute atomic E-state index is 9.24. The van der Waals surface area contributed by atoms with Crippen LogP contribution >= 0.6 is 0 Å². The molecule has 54 valence electrons. The molecule has 9 heavy (non-hydrogen) atoms.